The van der Waals surface area contributed by atoms with Crippen molar-refractivity contribution >= 4 is 11.3 Å². The first kappa shape index (κ1) is 15.7. The van der Waals surface area contributed by atoms with E-state index in [2.05, 4.69) is 43.2 Å². The van der Waals surface area contributed by atoms with E-state index in [4.69, 9.17) is 0 Å². The average molecular weight is 339 g/mol. The maximum Gasteiger partial charge on any atom is 0.251 e. The van der Waals surface area contributed by atoms with Crippen molar-refractivity contribution in [3.8, 4) is 0 Å². The zero-order chi connectivity index (χ0) is 17.4. The molecule has 4 heterocycles. The van der Waals surface area contributed by atoms with Crippen LogP contribution in [0.4, 0.5) is 5.69 Å². The van der Waals surface area contributed by atoms with Crippen LogP contribution in [-0.4, -0.2) is 42.9 Å². The lowest BCUT2D eigenvalue weighted by molar-refractivity contribution is 0.494. The van der Waals surface area contributed by atoms with E-state index in [-0.39, 0.29) is 5.56 Å². The number of rotatable bonds is 3. The van der Waals surface area contributed by atoms with Crippen molar-refractivity contribution in [3.63, 3.8) is 0 Å². The van der Waals surface area contributed by atoms with Crippen LogP contribution in [0.15, 0.2) is 23.3 Å². The molecule has 1 aliphatic heterocycles. The van der Waals surface area contributed by atoms with Crippen LogP contribution in [0.3, 0.4) is 0 Å². The maximum atomic E-state index is 11.7. The Labute approximate surface area is 144 Å². The van der Waals surface area contributed by atoms with Gasteiger partial charge in [0.25, 0.3) is 5.56 Å². The summed E-state index contributed by atoms with van der Waals surface area (Å²) in [6.45, 7) is 5.71. The maximum absolute atomic E-state index is 11.7. The highest BCUT2D eigenvalue weighted by molar-refractivity contribution is 5.68. The van der Waals surface area contributed by atoms with Crippen molar-refractivity contribution in [1.29, 1.82) is 0 Å². The smallest absolute Gasteiger partial charge is 0.251 e. The number of H-pyrrole nitrogens is 1. The highest BCUT2D eigenvalue weighted by Gasteiger charge is 2.24. The highest BCUT2D eigenvalue weighted by Crippen LogP contribution is 2.30. The van der Waals surface area contributed by atoms with Crippen molar-refractivity contribution in [2.45, 2.75) is 39.0 Å². The van der Waals surface area contributed by atoms with Crippen molar-refractivity contribution in [3.05, 3.63) is 46.0 Å². The molecule has 0 saturated carbocycles. The van der Waals surface area contributed by atoms with E-state index < -0.39 is 0 Å². The number of fused-ring (bicyclic) bond motifs is 1. The molecule has 1 aliphatic rings. The first-order chi connectivity index (χ1) is 12.1. The lowest BCUT2D eigenvalue weighted by atomic mass is 9.93. The summed E-state index contributed by atoms with van der Waals surface area (Å²) in [7, 11) is 0. The lowest BCUT2D eigenvalue weighted by Crippen LogP contribution is -2.34. The first-order valence-electron chi connectivity index (χ1n) is 8.67. The number of anilines is 1. The van der Waals surface area contributed by atoms with Crippen molar-refractivity contribution in [2.24, 2.45) is 0 Å². The zero-order valence-corrected chi connectivity index (χ0v) is 14.4. The molecule has 0 aromatic carbocycles. The summed E-state index contributed by atoms with van der Waals surface area (Å²) in [5.41, 5.74) is 3.73. The molecule has 0 aliphatic carbocycles. The van der Waals surface area contributed by atoms with E-state index in [1.807, 2.05) is 6.92 Å². The minimum atomic E-state index is -0.0724. The third-order valence-corrected chi connectivity index (χ3v) is 4.80. The second-order valence-corrected chi connectivity index (χ2v) is 6.49. The molecule has 0 radical (unpaired) electrons. The molecular weight excluding hydrogens is 318 g/mol. The Kier molecular flexibility index (Phi) is 3.95. The highest BCUT2D eigenvalue weighted by atomic mass is 16.1. The molecule has 0 atom stereocenters. The molecule has 0 bridgehead atoms. The number of nitrogens with zero attached hydrogens (tertiary/aromatic N) is 6. The van der Waals surface area contributed by atoms with Crippen LogP contribution in [-0.2, 0) is 6.42 Å². The van der Waals surface area contributed by atoms with Gasteiger partial charge in [-0.25, -0.2) is 4.98 Å². The normalized spacial score (nSPS) is 15.8. The summed E-state index contributed by atoms with van der Waals surface area (Å²) in [4.78, 5) is 21.3. The van der Waals surface area contributed by atoms with Crippen LogP contribution in [0, 0.1) is 6.92 Å². The van der Waals surface area contributed by atoms with Gasteiger partial charge in [-0.15, -0.1) is 10.2 Å². The average Bonchev–Trinajstić information content (AvgIpc) is 3.08. The Bertz CT molecular complexity index is 953. The fourth-order valence-corrected chi connectivity index (χ4v) is 3.49. The van der Waals surface area contributed by atoms with Gasteiger partial charge < -0.3 is 9.88 Å². The van der Waals surface area contributed by atoms with Crippen LogP contribution in [0.1, 0.15) is 42.9 Å². The van der Waals surface area contributed by atoms with Gasteiger partial charge in [0.15, 0.2) is 0 Å². The van der Waals surface area contributed by atoms with Gasteiger partial charge >= 0.3 is 0 Å². The molecule has 1 N–H and O–H groups in total. The third-order valence-electron chi connectivity index (χ3n) is 4.80. The minimum Gasteiger partial charge on any atom is -0.368 e. The number of aromatic nitrogens is 6. The Balaban J connectivity index is 1.58. The summed E-state index contributed by atoms with van der Waals surface area (Å²) in [5.74, 6) is 0.996. The SMILES string of the molecule is CCc1cc(N2CCC(c3cc(=O)[nH]c(C)n3)CC2)c2nncn2n1. The molecule has 8 nitrogen and oxygen atoms in total. The summed E-state index contributed by atoms with van der Waals surface area (Å²) in [6.07, 6.45) is 4.43. The predicted octanol–water partition coefficient (Wildman–Crippen LogP) is 1.46. The predicted molar refractivity (Wildman–Crippen MR) is 93.9 cm³/mol. The second kappa shape index (κ2) is 6.27. The van der Waals surface area contributed by atoms with Gasteiger partial charge in [-0.3, -0.25) is 4.79 Å². The van der Waals surface area contributed by atoms with Crippen molar-refractivity contribution in [2.75, 3.05) is 18.0 Å². The number of hydrogen-bond acceptors (Lipinski definition) is 6. The monoisotopic (exact) mass is 339 g/mol. The van der Waals surface area contributed by atoms with Crippen molar-refractivity contribution in [1.82, 2.24) is 29.8 Å². The van der Waals surface area contributed by atoms with Crippen LogP contribution in [0.25, 0.3) is 5.65 Å². The van der Waals surface area contributed by atoms with E-state index in [0.717, 1.165) is 55.1 Å². The van der Waals surface area contributed by atoms with E-state index in [9.17, 15) is 4.79 Å². The molecule has 0 unspecified atom stereocenters. The molecule has 4 rings (SSSR count). The van der Waals surface area contributed by atoms with Gasteiger partial charge in [0.05, 0.1) is 17.1 Å². The van der Waals surface area contributed by atoms with Gasteiger partial charge in [0.1, 0.15) is 12.2 Å². The molecule has 3 aromatic rings. The van der Waals surface area contributed by atoms with E-state index in [1.165, 1.54) is 0 Å². The quantitative estimate of drug-likeness (QED) is 0.777. The number of nitrogens with one attached hydrogen (secondary N) is 1. The molecule has 1 saturated heterocycles. The summed E-state index contributed by atoms with van der Waals surface area (Å²) in [6, 6.07) is 3.74. The van der Waals surface area contributed by atoms with Crippen LogP contribution in [0.5, 0.6) is 0 Å². The van der Waals surface area contributed by atoms with Gasteiger partial charge in [-0.1, -0.05) is 6.92 Å². The van der Waals surface area contributed by atoms with Gasteiger partial charge in [-0.2, -0.15) is 9.61 Å². The van der Waals surface area contributed by atoms with Gasteiger partial charge in [-0.05, 0) is 32.3 Å². The molecule has 8 heteroatoms. The molecule has 0 amide bonds. The molecule has 130 valence electrons. The van der Waals surface area contributed by atoms with Crippen molar-refractivity contribution < 1.29 is 0 Å². The largest absolute Gasteiger partial charge is 0.368 e. The van der Waals surface area contributed by atoms with Gasteiger partial charge in [0.2, 0.25) is 5.65 Å². The fraction of sp³-hybridized carbons (Fsp3) is 0.471. The Morgan fingerprint density at radius 1 is 1.28 bits per heavy atom. The molecule has 25 heavy (non-hydrogen) atoms. The fourth-order valence-electron chi connectivity index (χ4n) is 3.49. The number of aromatic amines is 1. The second-order valence-electron chi connectivity index (χ2n) is 6.49. The molecular formula is C17H21N7O. The summed E-state index contributed by atoms with van der Waals surface area (Å²) >= 11 is 0. The first-order valence-corrected chi connectivity index (χ1v) is 8.67. The number of piperidine rings is 1. The molecule has 1 fully saturated rings. The zero-order valence-electron chi connectivity index (χ0n) is 14.4. The Morgan fingerprint density at radius 2 is 2.08 bits per heavy atom. The number of aryl methyl sites for hydroxylation is 2. The number of hydrogen-bond donors (Lipinski definition) is 1. The van der Waals surface area contributed by atoms with Crippen LogP contribution >= 0.6 is 0 Å². The van der Waals surface area contributed by atoms with E-state index >= 15 is 0 Å². The van der Waals surface area contributed by atoms with E-state index in [1.54, 1.807) is 16.9 Å². The van der Waals surface area contributed by atoms with Crippen LogP contribution < -0.4 is 10.5 Å². The van der Waals surface area contributed by atoms with Gasteiger partial charge in [0, 0.05) is 25.1 Å². The standard InChI is InChI=1S/C17H21N7O/c1-3-13-8-15(17-21-18-10-24(17)22-13)23-6-4-12(5-7-23)14-9-16(25)20-11(2)19-14/h8-10,12H,3-7H2,1-2H3,(H,19,20,25). The van der Waals surface area contributed by atoms with E-state index in [0.29, 0.717) is 11.7 Å². The van der Waals surface area contributed by atoms with Crippen LogP contribution in [0.2, 0.25) is 0 Å². The topological polar surface area (TPSA) is 92.1 Å². The Hall–Kier alpha value is -2.77. The molecule has 3 aromatic heterocycles. The lowest BCUT2D eigenvalue weighted by Gasteiger charge is -2.33. The molecule has 0 spiro atoms. The third kappa shape index (κ3) is 2.99. The minimum absolute atomic E-state index is 0.0724. The Morgan fingerprint density at radius 3 is 2.80 bits per heavy atom. The summed E-state index contributed by atoms with van der Waals surface area (Å²) < 4.78 is 1.75. The summed E-state index contributed by atoms with van der Waals surface area (Å²) in [5, 5.41) is 12.7.